The van der Waals surface area contributed by atoms with Gasteiger partial charge in [-0.3, -0.25) is 25.8 Å². The average Bonchev–Trinajstić information content (AvgIpc) is 3.06. The summed E-state index contributed by atoms with van der Waals surface area (Å²) >= 11 is 17.9. The van der Waals surface area contributed by atoms with Crippen molar-refractivity contribution >= 4 is 63.7 Å². The van der Waals surface area contributed by atoms with E-state index < -0.39 is 5.91 Å². The molecule has 1 heterocycles. The highest BCUT2D eigenvalue weighted by Gasteiger charge is 2.10. The number of nitrogens with one attached hydrogen (secondary N) is 3. The minimum absolute atomic E-state index is 0.0359. The molecule has 0 atom stereocenters. The highest BCUT2D eigenvalue weighted by molar-refractivity contribution is 7.80. The Morgan fingerprint density at radius 2 is 2.00 bits per heavy atom. The van der Waals surface area contributed by atoms with Crippen LogP contribution in [0, 0.1) is 0 Å². The SMILES string of the molecule is O=C(COc1ccc(Cl)cc1Cl)NNC(=S)NC(=O)c1cccs1. The van der Waals surface area contributed by atoms with Gasteiger partial charge < -0.3 is 4.74 Å². The van der Waals surface area contributed by atoms with Gasteiger partial charge in [0.15, 0.2) is 11.7 Å². The maximum atomic E-state index is 11.7. The predicted molar refractivity (Wildman–Crippen MR) is 97.6 cm³/mol. The maximum Gasteiger partial charge on any atom is 0.276 e. The zero-order valence-electron chi connectivity index (χ0n) is 12.0. The van der Waals surface area contributed by atoms with Crippen molar-refractivity contribution in [3.05, 3.63) is 50.6 Å². The zero-order chi connectivity index (χ0) is 17.5. The summed E-state index contributed by atoms with van der Waals surface area (Å²) in [5.74, 6) is -0.542. The first kappa shape index (κ1) is 18.5. The number of hydrogen-bond acceptors (Lipinski definition) is 5. The van der Waals surface area contributed by atoms with Crippen molar-refractivity contribution < 1.29 is 14.3 Å². The molecular weight excluding hydrogens is 393 g/mol. The van der Waals surface area contributed by atoms with Crippen molar-refractivity contribution in [2.75, 3.05) is 6.61 Å². The first-order chi connectivity index (χ1) is 11.5. The van der Waals surface area contributed by atoms with Gasteiger partial charge in [0.25, 0.3) is 11.8 Å². The Balaban J connectivity index is 1.72. The molecule has 2 aromatic rings. The molecule has 0 fully saturated rings. The molecule has 0 bridgehead atoms. The fourth-order valence-electron chi connectivity index (χ4n) is 1.50. The lowest BCUT2D eigenvalue weighted by atomic mass is 10.3. The molecule has 1 aromatic heterocycles. The van der Waals surface area contributed by atoms with Gasteiger partial charge in [-0.05, 0) is 41.9 Å². The lowest BCUT2D eigenvalue weighted by Crippen LogP contribution is -2.49. The second-order valence-corrected chi connectivity index (χ2v) is 6.50. The van der Waals surface area contributed by atoms with Crippen LogP contribution in [-0.4, -0.2) is 23.5 Å². The lowest BCUT2D eigenvalue weighted by molar-refractivity contribution is -0.123. The van der Waals surface area contributed by atoms with Crippen LogP contribution < -0.4 is 20.9 Å². The fraction of sp³-hybridized carbons (Fsp3) is 0.0714. The smallest absolute Gasteiger partial charge is 0.276 e. The molecule has 6 nitrogen and oxygen atoms in total. The van der Waals surface area contributed by atoms with Crippen molar-refractivity contribution in [1.29, 1.82) is 0 Å². The summed E-state index contributed by atoms with van der Waals surface area (Å²) in [6.07, 6.45) is 0. The van der Waals surface area contributed by atoms with E-state index in [9.17, 15) is 9.59 Å². The molecule has 0 saturated heterocycles. The number of thiocarbonyl (C=S) groups is 1. The van der Waals surface area contributed by atoms with Crippen molar-refractivity contribution in [3.63, 3.8) is 0 Å². The van der Waals surface area contributed by atoms with E-state index in [4.69, 9.17) is 40.2 Å². The van der Waals surface area contributed by atoms with Crippen molar-refractivity contribution in [3.8, 4) is 5.75 Å². The molecule has 0 unspecified atom stereocenters. The number of hydrazine groups is 1. The molecule has 126 valence electrons. The molecule has 0 spiro atoms. The topological polar surface area (TPSA) is 79.5 Å². The Morgan fingerprint density at radius 3 is 2.67 bits per heavy atom. The highest BCUT2D eigenvalue weighted by atomic mass is 35.5. The number of thiophene rings is 1. The van der Waals surface area contributed by atoms with Gasteiger partial charge in [0.2, 0.25) is 0 Å². The van der Waals surface area contributed by atoms with Crippen LogP contribution in [0.25, 0.3) is 0 Å². The van der Waals surface area contributed by atoms with E-state index in [1.54, 1.807) is 29.6 Å². The van der Waals surface area contributed by atoms with Crippen LogP contribution >= 0.6 is 46.8 Å². The molecule has 0 saturated carbocycles. The Kier molecular flexibility index (Phi) is 6.80. The quantitative estimate of drug-likeness (QED) is 0.540. The van der Waals surface area contributed by atoms with Gasteiger partial charge in [0, 0.05) is 5.02 Å². The van der Waals surface area contributed by atoms with Crippen LogP contribution in [0.1, 0.15) is 9.67 Å². The van der Waals surface area contributed by atoms with Gasteiger partial charge in [-0.1, -0.05) is 29.3 Å². The zero-order valence-corrected chi connectivity index (χ0v) is 15.1. The minimum Gasteiger partial charge on any atom is -0.482 e. The van der Waals surface area contributed by atoms with Gasteiger partial charge in [-0.2, -0.15) is 0 Å². The molecule has 1 aromatic carbocycles. The number of benzene rings is 1. The standard InChI is InChI=1S/C14H11Cl2N3O3S2/c15-8-3-4-10(9(16)6-8)22-7-12(20)18-19-14(23)17-13(21)11-2-1-5-24-11/h1-6H,7H2,(H,18,20)(H2,17,19,21,23). The van der Waals surface area contributed by atoms with Crippen molar-refractivity contribution in [2.24, 2.45) is 0 Å². The summed E-state index contributed by atoms with van der Waals surface area (Å²) in [5, 5.41) is 4.92. The van der Waals surface area contributed by atoms with E-state index in [0.717, 1.165) is 0 Å². The second kappa shape index (κ2) is 8.84. The number of ether oxygens (including phenoxy) is 1. The van der Waals surface area contributed by atoms with E-state index in [0.29, 0.717) is 20.7 Å². The van der Waals surface area contributed by atoms with Gasteiger partial charge in [-0.15, -0.1) is 11.3 Å². The second-order valence-electron chi connectivity index (χ2n) is 4.30. The first-order valence-electron chi connectivity index (χ1n) is 6.47. The molecule has 2 amide bonds. The first-order valence-corrected chi connectivity index (χ1v) is 8.51. The van der Waals surface area contributed by atoms with E-state index >= 15 is 0 Å². The Labute approximate surface area is 157 Å². The highest BCUT2D eigenvalue weighted by Crippen LogP contribution is 2.27. The molecule has 3 N–H and O–H groups in total. The van der Waals surface area contributed by atoms with E-state index in [2.05, 4.69) is 16.2 Å². The predicted octanol–water partition coefficient (Wildman–Crippen LogP) is 2.77. The van der Waals surface area contributed by atoms with E-state index in [1.807, 2.05) is 0 Å². The third-order valence-corrected chi connectivity index (χ3v) is 4.14. The number of rotatable bonds is 4. The summed E-state index contributed by atoms with van der Waals surface area (Å²) < 4.78 is 5.25. The Morgan fingerprint density at radius 1 is 1.21 bits per heavy atom. The van der Waals surface area contributed by atoms with Crippen LogP contribution in [-0.2, 0) is 4.79 Å². The van der Waals surface area contributed by atoms with Crippen LogP contribution in [0.5, 0.6) is 5.75 Å². The molecule has 2 rings (SSSR count). The fourth-order valence-corrected chi connectivity index (χ4v) is 2.73. The molecule has 0 radical (unpaired) electrons. The van der Waals surface area contributed by atoms with Gasteiger partial charge in [0.05, 0.1) is 9.90 Å². The number of carbonyl (C=O) groups is 2. The van der Waals surface area contributed by atoms with E-state index in [1.165, 1.54) is 17.4 Å². The summed E-state index contributed by atoms with van der Waals surface area (Å²) in [6.45, 7) is -0.296. The summed E-state index contributed by atoms with van der Waals surface area (Å²) in [5.41, 5.74) is 4.70. The lowest BCUT2D eigenvalue weighted by Gasteiger charge is -2.11. The average molecular weight is 404 g/mol. The van der Waals surface area contributed by atoms with Gasteiger partial charge in [-0.25, -0.2) is 0 Å². The summed E-state index contributed by atoms with van der Waals surface area (Å²) in [4.78, 5) is 23.9. The largest absolute Gasteiger partial charge is 0.482 e. The van der Waals surface area contributed by atoms with Crippen molar-refractivity contribution in [1.82, 2.24) is 16.2 Å². The third-order valence-electron chi connectivity index (χ3n) is 2.54. The van der Waals surface area contributed by atoms with Gasteiger partial charge >= 0.3 is 0 Å². The molecule has 24 heavy (non-hydrogen) atoms. The molecular formula is C14H11Cl2N3O3S2. The van der Waals surface area contributed by atoms with Crippen molar-refractivity contribution in [2.45, 2.75) is 0 Å². The molecule has 10 heteroatoms. The summed E-state index contributed by atoms with van der Waals surface area (Å²) in [6, 6.07) is 8.05. The molecule has 0 aliphatic rings. The monoisotopic (exact) mass is 403 g/mol. The van der Waals surface area contributed by atoms with Crippen LogP contribution in [0.2, 0.25) is 10.0 Å². The maximum absolute atomic E-state index is 11.7. The van der Waals surface area contributed by atoms with Crippen LogP contribution in [0.15, 0.2) is 35.7 Å². The van der Waals surface area contributed by atoms with Crippen LogP contribution in [0.3, 0.4) is 0 Å². The number of halogens is 2. The number of amides is 2. The Hall–Kier alpha value is -1.87. The molecule has 0 aliphatic carbocycles. The summed E-state index contributed by atoms with van der Waals surface area (Å²) in [7, 11) is 0. The van der Waals surface area contributed by atoms with E-state index in [-0.39, 0.29) is 17.6 Å². The number of hydrogen-bond donors (Lipinski definition) is 3. The normalized spacial score (nSPS) is 9.92. The minimum atomic E-state index is -0.506. The third kappa shape index (κ3) is 5.64. The van der Waals surface area contributed by atoms with Gasteiger partial charge in [0.1, 0.15) is 5.75 Å². The number of carbonyl (C=O) groups excluding carboxylic acids is 2. The van der Waals surface area contributed by atoms with Crippen LogP contribution in [0.4, 0.5) is 0 Å². The molecule has 0 aliphatic heterocycles. The Bertz CT molecular complexity index is 754.